The van der Waals surface area contributed by atoms with Crippen LogP contribution in [0.15, 0.2) is 12.3 Å². The van der Waals surface area contributed by atoms with Gasteiger partial charge >= 0.3 is 0 Å². The van der Waals surface area contributed by atoms with Crippen LogP contribution in [0.3, 0.4) is 0 Å². The fourth-order valence-corrected chi connectivity index (χ4v) is 2.77. The maximum Gasteiger partial charge on any atom is 0.221 e. The molecule has 0 unspecified atom stereocenters. The van der Waals surface area contributed by atoms with Gasteiger partial charge in [0.15, 0.2) is 0 Å². The lowest BCUT2D eigenvalue weighted by Gasteiger charge is -2.24. The average molecular weight is 329 g/mol. The number of anilines is 2. The van der Waals surface area contributed by atoms with E-state index in [9.17, 15) is 0 Å². The Morgan fingerprint density at radius 1 is 1.26 bits per heavy atom. The Labute approximate surface area is 132 Å². The van der Waals surface area contributed by atoms with Gasteiger partial charge in [-0.3, -0.25) is 0 Å². The predicted octanol–water partition coefficient (Wildman–Crippen LogP) is 1.51. The highest BCUT2D eigenvalue weighted by atomic mass is 35.5. The van der Waals surface area contributed by atoms with Gasteiger partial charge in [-0.05, 0) is 31.4 Å². The van der Waals surface area contributed by atoms with E-state index in [1.165, 1.54) is 12.8 Å². The average Bonchev–Trinajstić information content (AvgIpc) is 2.72. The number of nitrogens with one attached hydrogen (secondary N) is 1. The molecule has 8 heteroatoms. The van der Waals surface area contributed by atoms with Gasteiger partial charge in [0, 0.05) is 25.3 Å². The van der Waals surface area contributed by atoms with E-state index in [1.807, 2.05) is 6.07 Å². The molecule has 2 aliphatic rings. The number of nitrogen functional groups attached to an aromatic ring is 1. The summed E-state index contributed by atoms with van der Waals surface area (Å²) in [7, 11) is 0. The van der Waals surface area contributed by atoms with Gasteiger partial charge in [0.2, 0.25) is 5.95 Å². The van der Waals surface area contributed by atoms with Crippen LogP contribution in [0, 0.1) is 5.92 Å². The van der Waals surface area contributed by atoms with E-state index in [0.29, 0.717) is 12.0 Å². The van der Waals surface area contributed by atoms with Crippen LogP contribution in [0.1, 0.15) is 12.8 Å². The summed E-state index contributed by atoms with van der Waals surface area (Å²) in [4.78, 5) is 10.5. The van der Waals surface area contributed by atoms with Gasteiger partial charge in [-0.15, -0.1) is 37.2 Å². The van der Waals surface area contributed by atoms with E-state index >= 15 is 0 Å². The molecule has 3 rings (SSSR count). The molecule has 0 saturated carbocycles. The first kappa shape index (κ1) is 18.5. The van der Waals surface area contributed by atoms with Crippen LogP contribution in [0.4, 0.5) is 11.8 Å². The van der Waals surface area contributed by atoms with Crippen molar-refractivity contribution in [3.05, 3.63) is 12.3 Å². The summed E-state index contributed by atoms with van der Waals surface area (Å²) in [6.07, 6.45) is 4.35. The van der Waals surface area contributed by atoms with Crippen molar-refractivity contribution in [2.45, 2.75) is 18.9 Å². The normalized spacial score (nSPS) is 24.5. The minimum atomic E-state index is 0. The molecular weight excluding hydrogens is 309 g/mol. The van der Waals surface area contributed by atoms with Crippen molar-refractivity contribution >= 4 is 49.0 Å². The Bertz CT molecular complexity index is 378. The highest BCUT2D eigenvalue weighted by molar-refractivity contribution is 5.86. The maximum atomic E-state index is 5.61. The van der Waals surface area contributed by atoms with Crippen molar-refractivity contribution in [2.75, 3.05) is 30.3 Å². The van der Waals surface area contributed by atoms with Crippen molar-refractivity contribution in [3.63, 3.8) is 0 Å². The molecule has 5 nitrogen and oxygen atoms in total. The lowest BCUT2D eigenvalue weighted by Crippen LogP contribution is -2.40. The summed E-state index contributed by atoms with van der Waals surface area (Å²) in [6, 6.07) is 2.57. The molecule has 1 aromatic heterocycles. The van der Waals surface area contributed by atoms with Crippen LogP contribution in [0.25, 0.3) is 0 Å². The molecule has 0 aliphatic carbocycles. The van der Waals surface area contributed by atoms with Crippen LogP contribution in [0.5, 0.6) is 0 Å². The summed E-state index contributed by atoms with van der Waals surface area (Å²) in [5, 5.41) is 3.58. The SMILES string of the molecule is Cl.Cl.Cl.Nc1nccc(N2C[C@H]3CCCN[C@H]3C2)n1. The third-order valence-electron chi connectivity index (χ3n) is 3.58. The topological polar surface area (TPSA) is 67.1 Å². The Morgan fingerprint density at radius 2 is 2.05 bits per heavy atom. The Morgan fingerprint density at radius 3 is 2.74 bits per heavy atom. The lowest BCUT2D eigenvalue weighted by molar-refractivity contribution is 0.340. The molecule has 0 bridgehead atoms. The van der Waals surface area contributed by atoms with Crippen LogP contribution in [-0.4, -0.2) is 35.6 Å². The van der Waals surface area contributed by atoms with E-state index in [0.717, 1.165) is 31.4 Å². The van der Waals surface area contributed by atoms with Crippen LogP contribution in [0.2, 0.25) is 0 Å². The Balaban J connectivity index is 0.00000108. The highest BCUT2D eigenvalue weighted by Crippen LogP contribution is 2.27. The minimum Gasteiger partial charge on any atom is -0.368 e. The van der Waals surface area contributed by atoms with Crippen LogP contribution in [-0.2, 0) is 0 Å². The molecule has 0 radical (unpaired) electrons. The quantitative estimate of drug-likeness (QED) is 0.818. The zero-order valence-corrected chi connectivity index (χ0v) is 12.9. The molecule has 3 heterocycles. The number of nitrogens with two attached hydrogens (primary N) is 1. The zero-order chi connectivity index (χ0) is 11.0. The molecule has 2 atom stereocenters. The summed E-state index contributed by atoms with van der Waals surface area (Å²) < 4.78 is 0. The Hall–Kier alpha value is -0.490. The van der Waals surface area contributed by atoms with Crippen molar-refractivity contribution in [2.24, 2.45) is 5.92 Å². The van der Waals surface area contributed by atoms with Gasteiger partial charge in [0.05, 0.1) is 0 Å². The predicted molar refractivity (Wildman–Crippen MR) is 84.9 cm³/mol. The number of hydrogen-bond donors (Lipinski definition) is 2. The van der Waals surface area contributed by atoms with E-state index < -0.39 is 0 Å². The number of fused-ring (bicyclic) bond motifs is 1. The van der Waals surface area contributed by atoms with Gasteiger partial charge in [0.1, 0.15) is 5.82 Å². The van der Waals surface area contributed by atoms with Gasteiger partial charge in [-0.25, -0.2) is 4.98 Å². The van der Waals surface area contributed by atoms with Crippen molar-refractivity contribution in [3.8, 4) is 0 Å². The minimum absolute atomic E-state index is 0. The van der Waals surface area contributed by atoms with E-state index in [-0.39, 0.29) is 37.2 Å². The molecule has 3 N–H and O–H groups in total. The highest BCUT2D eigenvalue weighted by Gasteiger charge is 2.34. The molecule has 19 heavy (non-hydrogen) atoms. The third kappa shape index (κ3) is 3.99. The lowest BCUT2D eigenvalue weighted by atomic mass is 9.94. The fourth-order valence-electron chi connectivity index (χ4n) is 2.77. The third-order valence-corrected chi connectivity index (χ3v) is 3.58. The van der Waals surface area contributed by atoms with Crippen LogP contribution >= 0.6 is 37.2 Å². The first-order valence-electron chi connectivity index (χ1n) is 5.90. The summed E-state index contributed by atoms with van der Waals surface area (Å²) >= 11 is 0. The number of hydrogen-bond acceptors (Lipinski definition) is 5. The zero-order valence-electron chi connectivity index (χ0n) is 10.5. The molecule has 2 fully saturated rings. The number of nitrogens with zero attached hydrogens (tertiary/aromatic N) is 3. The summed E-state index contributed by atoms with van der Waals surface area (Å²) in [6.45, 7) is 3.29. The second-order valence-electron chi connectivity index (χ2n) is 4.64. The van der Waals surface area contributed by atoms with Gasteiger partial charge in [0.25, 0.3) is 0 Å². The van der Waals surface area contributed by atoms with Gasteiger partial charge in [-0.2, -0.15) is 4.98 Å². The van der Waals surface area contributed by atoms with Crippen molar-refractivity contribution in [1.82, 2.24) is 15.3 Å². The second kappa shape index (κ2) is 7.94. The fraction of sp³-hybridized carbons (Fsp3) is 0.636. The number of aromatic nitrogens is 2. The monoisotopic (exact) mass is 327 g/mol. The Kier molecular flexibility index (Phi) is 7.74. The first-order valence-corrected chi connectivity index (χ1v) is 5.90. The molecule has 0 aromatic carbocycles. The van der Waals surface area contributed by atoms with Gasteiger partial charge < -0.3 is 16.0 Å². The number of piperidine rings is 1. The van der Waals surface area contributed by atoms with Crippen LogP contribution < -0.4 is 16.0 Å². The van der Waals surface area contributed by atoms with Crippen molar-refractivity contribution < 1.29 is 0 Å². The van der Waals surface area contributed by atoms with E-state index in [2.05, 4.69) is 20.2 Å². The van der Waals surface area contributed by atoms with E-state index in [4.69, 9.17) is 5.73 Å². The summed E-state index contributed by atoms with van der Waals surface area (Å²) in [5.41, 5.74) is 5.61. The first-order chi connectivity index (χ1) is 7.83. The molecular formula is C11H20Cl3N5. The number of halogens is 3. The standard InChI is InChI=1S/C11H17N5.3ClH/c12-11-14-5-3-10(15-11)16-6-8-2-1-4-13-9(8)7-16;;;/h3,5,8-9,13H,1-2,4,6-7H2,(H2,12,14,15);3*1H/t8-,9+;;;/m1.../s1. The molecule has 0 spiro atoms. The van der Waals surface area contributed by atoms with Gasteiger partial charge in [-0.1, -0.05) is 0 Å². The maximum absolute atomic E-state index is 5.61. The molecule has 0 amide bonds. The molecule has 1 aromatic rings. The number of rotatable bonds is 1. The second-order valence-corrected chi connectivity index (χ2v) is 4.64. The molecule has 2 aliphatic heterocycles. The smallest absolute Gasteiger partial charge is 0.221 e. The molecule has 110 valence electrons. The summed E-state index contributed by atoms with van der Waals surface area (Å²) in [5.74, 6) is 2.09. The largest absolute Gasteiger partial charge is 0.368 e. The van der Waals surface area contributed by atoms with E-state index in [1.54, 1.807) is 6.20 Å². The van der Waals surface area contributed by atoms with Crippen molar-refractivity contribution in [1.29, 1.82) is 0 Å². The molecule has 2 saturated heterocycles.